The molecule has 1 saturated heterocycles. The van der Waals surface area contributed by atoms with E-state index in [-0.39, 0.29) is 12.4 Å². The van der Waals surface area contributed by atoms with Crippen molar-refractivity contribution in [2.24, 2.45) is 5.92 Å². The zero-order chi connectivity index (χ0) is 15.8. The second-order valence-corrected chi connectivity index (χ2v) is 7.28. The molecule has 0 bridgehead atoms. The summed E-state index contributed by atoms with van der Waals surface area (Å²) in [5.74, 6) is 1.94. The van der Waals surface area contributed by atoms with Gasteiger partial charge in [-0.25, -0.2) is 0 Å². The molecule has 0 saturated carbocycles. The van der Waals surface area contributed by atoms with Crippen LogP contribution in [0.2, 0.25) is 0 Å². The van der Waals surface area contributed by atoms with Gasteiger partial charge in [0.25, 0.3) is 0 Å². The lowest BCUT2D eigenvalue weighted by molar-refractivity contribution is 0.212. The Kier molecular flexibility index (Phi) is 5.15. The summed E-state index contributed by atoms with van der Waals surface area (Å²) in [7, 11) is 0. The van der Waals surface area contributed by atoms with Crippen LogP contribution in [0, 0.1) is 17.2 Å². The Morgan fingerprint density at radius 1 is 1.21 bits per heavy atom. The van der Waals surface area contributed by atoms with Crippen LogP contribution in [0.3, 0.4) is 0 Å². The Labute approximate surface area is 156 Å². The molecule has 0 amide bonds. The van der Waals surface area contributed by atoms with E-state index in [1.54, 1.807) is 0 Å². The lowest BCUT2D eigenvalue weighted by Crippen LogP contribution is -2.25. The van der Waals surface area contributed by atoms with Crippen LogP contribution in [0.5, 0.6) is 5.75 Å². The van der Waals surface area contributed by atoms with Crippen molar-refractivity contribution in [1.29, 1.82) is 5.26 Å². The van der Waals surface area contributed by atoms with Crippen LogP contribution in [-0.4, -0.2) is 24.6 Å². The highest BCUT2D eigenvalue weighted by Gasteiger charge is 2.38. The predicted molar refractivity (Wildman–Crippen MR) is 99.6 cm³/mol. The second-order valence-electron chi connectivity index (χ2n) is 6.37. The molecule has 0 radical (unpaired) electrons. The van der Waals surface area contributed by atoms with Crippen LogP contribution < -0.4 is 4.74 Å². The first-order chi connectivity index (χ1) is 11.2. The average Bonchev–Trinajstić information content (AvgIpc) is 2.97. The Hall–Kier alpha value is -1.54. The van der Waals surface area contributed by atoms with Gasteiger partial charge in [0, 0.05) is 41.5 Å². The van der Waals surface area contributed by atoms with E-state index in [0.717, 1.165) is 42.0 Å². The van der Waals surface area contributed by atoms with Crippen LogP contribution >= 0.6 is 28.3 Å². The number of hydrogen-bond acceptors (Lipinski definition) is 3. The maximum Gasteiger partial charge on any atom is 0.122 e. The van der Waals surface area contributed by atoms with Gasteiger partial charge in [0.2, 0.25) is 0 Å². The Balaban J connectivity index is 0.00000169. The third-order valence-electron chi connectivity index (χ3n) is 4.80. The lowest BCUT2D eigenvalue weighted by Gasteiger charge is -2.27. The number of rotatable bonds is 2. The van der Waals surface area contributed by atoms with Crippen molar-refractivity contribution in [2.45, 2.75) is 12.5 Å². The Morgan fingerprint density at radius 2 is 2.08 bits per heavy atom. The molecule has 2 atom stereocenters. The lowest BCUT2D eigenvalue weighted by atomic mass is 9.86. The summed E-state index contributed by atoms with van der Waals surface area (Å²) >= 11 is 3.54. The third-order valence-corrected chi connectivity index (χ3v) is 5.30. The largest absolute Gasteiger partial charge is 0.493 e. The first-order valence-corrected chi connectivity index (χ1v) is 8.66. The van der Waals surface area contributed by atoms with E-state index in [0.29, 0.717) is 11.8 Å². The molecule has 0 unspecified atom stereocenters. The van der Waals surface area contributed by atoms with Gasteiger partial charge in [-0.15, -0.1) is 12.4 Å². The van der Waals surface area contributed by atoms with E-state index in [1.807, 2.05) is 18.2 Å². The van der Waals surface area contributed by atoms with E-state index in [1.165, 1.54) is 11.1 Å². The molecular formula is C19H18BrClN2O. The molecule has 24 heavy (non-hydrogen) atoms. The van der Waals surface area contributed by atoms with Gasteiger partial charge in [-0.05, 0) is 35.9 Å². The number of benzene rings is 2. The fourth-order valence-corrected chi connectivity index (χ4v) is 4.19. The molecule has 0 spiro atoms. The van der Waals surface area contributed by atoms with Crippen LogP contribution in [0.15, 0.2) is 46.9 Å². The number of ether oxygens (including phenoxy) is 1. The fourth-order valence-electron chi connectivity index (χ4n) is 3.74. The van der Waals surface area contributed by atoms with Crippen molar-refractivity contribution in [1.82, 2.24) is 4.90 Å². The molecule has 0 aliphatic carbocycles. The Bertz CT molecular complexity index is 789. The molecule has 2 aromatic rings. The summed E-state index contributed by atoms with van der Waals surface area (Å²) in [5, 5.41) is 9.15. The van der Waals surface area contributed by atoms with Crippen LogP contribution in [0.1, 0.15) is 22.6 Å². The molecule has 2 aromatic carbocycles. The molecule has 4 rings (SSSR count). The SMILES string of the molecule is Cl.N#Cc1ccc2c(c1)[C@@H]1CN(Cc3cccc(Br)c3)C[C@H]1CO2. The summed E-state index contributed by atoms with van der Waals surface area (Å²) in [5.41, 5.74) is 3.25. The monoisotopic (exact) mass is 404 g/mol. The predicted octanol–water partition coefficient (Wildman–Crippen LogP) is 4.35. The summed E-state index contributed by atoms with van der Waals surface area (Å²) in [6.45, 7) is 3.81. The molecule has 124 valence electrons. The quantitative estimate of drug-likeness (QED) is 0.745. The van der Waals surface area contributed by atoms with Gasteiger partial charge in [-0.2, -0.15) is 5.26 Å². The van der Waals surface area contributed by atoms with Crippen molar-refractivity contribution in [3.05, 3.63) is 63.6 Å². The number of halogens is 2. The topological polar surface area (TPSA) is 36.3 Å². The minimum atomic E-state index is 0. The third kappa shape index (κ3) is 3.30. The maximum atomic E-state index is 9.15. The van der Waals surface area contributed by atoms with Crippen molar-refractivity contribution < 1.29 is 4.74 Å². The van der Waals surface area contributed by atoms with Crippen LogP contribution in [-0.2, 0) is 6.54 Å². The molecule has 2 aliphatic rings. The normalized spacial score (nSPS) is 21.8. The van der Waals surface area contributed by atoms with E-state index in [4.69, 9.17) is 10.00 Å². The minimum absolute atomic E-state index is 0. The second kappa shape index (κ2) is 7.14. The fraction of sp³-hybridized carbons (Fsp3) is 0.316. The zero-order valence-electron chi connectivity index (χ0n) is 13.1. The summed E-state index contributed by atoms with van der Waals surface area (Å²) in [6.07, 6.45) is 0. The first kappa shape index (κ1) is 17.3. The van der Waals surface area contributed by atoms with Gasteiger partial charge in [-0.1, -0.05) is 28.1 Å². The van der Waals surface area contributed by atoms with Crippen molar-refractivity contribution in [2.75, 3.05) is 19.7 Å². The number of fused-ring (bicyclic) bond motifs is 3. The van der Waals surface area contributed by atoms with Gasteiger partial charge in [0.15, 0.2) is 0 Å². The standard InChI is InChI=1S/C19H17BrN2O.ClH/c20-16-3-1-2-14(6-16)9-22-10-15-12-23-19-5-4-13(8-21)7-17(19)18(15)11-22;/h1-7,15,18H,9-12H2;1H/t15-,18+;/m0./s1. The number of nitriles is 1. The average molecular weight is 406 g/mol. The molecule has 3 nitrogen and oxygen atoms in total. The van der Waals surface area contributed by atoms with Crippen molar-refractivity contribution in [3.8, 4) is 11.8 Å². The number of hydrogen-bond donors (Lipinski definition) is 0. The van der Waals surface area contributed by atoms with Crippen LogP contribution in [0.4, 0.5) is 0 Å². The zero-order valence-corrected chi connectivity index (χ0v) is 15.5. The van der Waals surface area contributed by atoms with E-state index >= 15 is 0 Å². The minimum Gasteiger partial charge on any atom is -0.493 e. The summed E-state index contributed by atoms with van der Waals surface area (Å²) < 4.78 is 7.03. The van der Waals surface area contributed by atoms with Gasteiger partial charge in [-0.3, -0.25) is 4.90 Å². The van der Waals surface area contributed by atoms with Crippen LogP contribution in [0.25, 0.3) is 0 Å². The highest BCUT2D eigenvalue weighted by atomic mass is 79.9. The molecule has 0 N–H and O–H groups in total. The Morgan fingerprint density at radius 3 is 2.88 bits per heavy atom. The molecule has 2 heterocycles. The van der Waals surface area contributed by atoms with Crippen molar-refractivity contribution >= 4 is 28.3 Å². The van der Waals surface area contributed by atoms with Gasteiger partial charge < -0.3 is 4.74 Å². The van der Waals surface area contributed by atoms with Gasteiger partial charge in [0.1, 0.15) is 5.75 Å². The van der Waals surface area contributed by atoms with Gasteiger partial charge >= 0.3 is 0 Å². The summed E-state index contributed by atoms with van der Waals surface area (Å²) in [4.78, 5) is 2.49. The highest BCUT2D eigenvalue weighted by Crippen LogP contribution is 2.42. The molecule has 1 fully saturated rings. The van der Waals surface area contributed by atoms with E-state index < -0.39 is 0 Å². The smallest absolute Gasteiger partial charge is 0.122 e. The number of likely N-dealkylation sites (tertiary alicyclic amines) is 1. The van der Waals surface area contributed by atoms with E-state index in [2.05, 4.69) is 51.2 Å². The first-order valence-electron chi connectivity index (χ1n) is 7.86. The van der Waals surface area contributed by atoms with Gasteiger partial charge in [0.05, 0.1) is 18.2 Å². The number of nitrogens with zero attached hydrogens (tertiary/aromatic N) is 2. The highest BCUT2D eigenvalue weighted by molar-refractivity contribution is 9.10. The maximum absolute atomic E-state index is 9.15. The molecular weight excluding hydrogens is 388 g/mol. The molecule has 5 heteroatoms. The van der Waals surface area contributed by atoms with E-state index in [9.17, 15) is 0 Å². The molecule has 2 aliphatic heterocycles. The molecule has 0 aromatic heterocycles. The summed E-state index contributed by atoms with van der Waals surface area (Å²) in [6, 6.07) is 16.5. The van der Waals surface area contributed by atoms with Crippen molar-refractivity contribution in [3.63, 3.8) is 0 Å².